The van der Waals surface area contributed by atoms with Gasteiger partial charge in [-0.2, -0.15) is 10.1 Å². The number of pyridine rings is 1. The fourth-order valence-electron chi connectivity index (χ4n) is 3.64. The van der Waals surface area contributed by atoms with E-state index in [0.717, 1.165) is 10.0 Å². The highest BCUT2D eigenvalue weighted by atomic mass is 79.9. The number of halogens is 1. The van der Waals surface area contributed by atoms with Gasteiger partial charge < -0.3 is 4.74 Å². The average Bonchev–Trinajstić information content (AvgIpc) is 3.50. The molecule has 1 atom stereocenters. The quantitative estimate of drug-likeness (QED) is 0.268. The summed E-state index contributed by atoms with van der Waals surface area (Å²) in [5.41, 5.74) is 3.26. The SMILES string of the molecule is CC(=O)N1N=C(c2ccncc2)OC1c1cn(-c2ccc([N+](=O)[O-])cc2)nc1-c1ccc(Br)cc1. The minimum atomic E-state index is -0.860. The molecule has 1 aliphatic heterocycles. The van der Waals surface area contributed by atoms with Crippen molar-refractivity contribution >= 4 is 33.4 Å². The minimum Gasteiger partial charge on any atom is -0.446 e. The van der Waals surface area contributed by atoms with Gasteiger partial charge in [-0.1, -0.05) is 28.1 Å². The van der Waals surface area contributed by atoms with Crippen molar-refractivity contribution < 1.29 is 14.5 Å². The second kappa shape index (κ2) is 9.11. The molecule has 0 radical (unpaired) electrons. The molecule has 174 valence electrons. The maximum atomic E-state index is 12.5. The number of amides is 1. The summed E-state index contributed by atoms with van der Waals surface area (Å²) in [5, 5.41) is 21.5. The van der Waals surface area contributed by atoms with Crippen LogP contribution in [0.2, 0.25) is 0 Å². The molecule has 35 heavy (non-hydrogen) atoms. The molecule has 2 aromatic heterocycles. The largest absolute Gasteiger partial charge is 0.446 e. The van der Waals surface area contributed by atoms with Crippen molar-refractivity contribution in [3.63, 3.8) is 0 Å². The first-order chi connectivity index (χ1) is 16.9. The third-order valence-electron chi connectivity index (χ3n) is 5.35. The van der Waals surface area contributed by atoms with Gasteiger partial charge in [-0.05, 0) is 36.4 Å². The number of carbonyl (C=O) groups excluding carboxylic acids is 1. The molecule has 11 heteroatoms. The summed E-state index contributed by atoms with van der Waals surface area (Å²) in [6, 6.07) is 17.1. The molecule has 0 fully saturated rings. The first-order valence-corrected chi connectivity index (χ1v) is 11.3. The summed E-state index contributed by atoms with van der Waals surface area (Å²) in [6.45, 7) is 1.41. The number of carbonyl (C=O) groups is 1. The number of rotatable bonds is 5. The molecule has 10 nitrogen and oxygen atoms in total. The fraction of sp³-hybridized carbons (Fsp3) is 0.0833. The van der Waals surface area contributed by atoms with Gasteiger partial charge in [0.15, 0.2) is 0 Å². The Kier molecular flexibility index (Phi) is 5.83. The molecule has 0 saturated heterocycles. The average molecular weight is 533 g/mol. The monoisotopic (exact) mass is 532 g/mol. The van der Waals surface area contributed by atoms with Crippen molar-refractivity contribution in [3.05, 3.63) is 105 Å². The van der Waals surface area contributed by atoms with Gasteiger partial charge in [-0.3, -0.25) is 19.9 Å². The molecule has 1 amide bonds. The predicted molar refractivity (Wildman–Crippen MR) is 130 cm³/mol. The van der Waals surface area contributed by atoms with Crippen molar-refractivity contribution in [1.29, 1.82) is 0 Å². The Balaban J connectivity index is 1.60. The molecule has 0 saturated carbocycles. The van der Waals surface area contributed by atoms with Crippen LogP contribution in [0.1, 0.15) is 24.3 Å². The van der Waals surface area contributed by atoms with Gasteiger partial charge >= 0.3 is 0 Å². The number of hydrogen-bond donors (Lipinski definition) is 0. The lowest BCUT2D eigenvalue weighted by molar-refractivity contribution is -0.384. The van der Waals surface area contributed by atoms with Crippen molar-refractivity contribution in [1.82, 2.24) is 19.8 Å². The van der Waals surface area contributed by atoms with E-state index in [2.05, 4.69) is 26.0 Å². The van der Waals surface area contributed by atoms with Crippen LogP contribution >= 0.6 is 15.9 Å². The highest BCUT2D eigenvalue weighted by molar-refractivity contribution is 9.10. The molecule has 5 rings (SSSR count). The molecular weight excluding hydrogens is 516 g/mol. The molecule has 0 N–H and O–H groups in total. The Bertz CT molecular complexity index is 1440. The van der Waals surface area contributed by atoms with Crippen LogP contribution in [0, 0.1) is 10.1 Å². The van der Waals surface area contributed by atoms with E-state index >= 15 is 0 Å². The van der Waals surface area contributed by atoms with Crippen LogP contribution < -0.4 is 0 Å². The number of ether oxygens (including phenoxy) is 1. The molecule has 1 unspecified atom stereocenters. The minimum absolute atomic E-state index is 0.0217. The molecule has 4 aromatic rings. The van der Waals surface area contributed by atoms with E-state index < -0.39 is 11.2 Å². The second-order valence-corrected chi connectivity index (χ2v) is 8.55. The van der Waals surface area contributed by atoms with E-state index in [1.807, 2.05) is 24.3 Å². The third kappa shape index (κ3) is 4.41. The van der Waals surface area contributed by atoms with Crippen molar-refractivity contribution in [2.24, 2.45) is 5.10 Å². The van der Waals surface area contributed by atoms with Gasteiger partial charge in [0.2, 0.25) is 18.0 Å². The van der Waals surface area contributed by atoms with Crippen LogP contribution in [-0.2, 0) is 9.53 Å². The first kappa shape index (κ1) is 22.4. The molecule has 3 heterocycles. The summed E-state index contributed by atoms with van der Waals surface area (Å²) in [5.74, 6) is -0.0126. The molecule has 0 bridgehead atoms. The zero-order valence-corrected chi connectivity index (χ0v) is 19.9. The molecule has 1 aliphatic rings. The second-order valence-electron chi connectivity index (χ2n) is 7.63. The van der Waals surface area contributed by atoms with Crippen LogP contribution in [0.5, 0.6) is 0 Å². The van der Waals surface area contributed by atoms with E-state index in [9.17, 15) is 14.9 Å². The van der Waals surface area contributed by atoms with Crippen LogP contribution in [0.25, 0.3) is 16.9 Å². The zero-order chi connectivity index (χ0) is 24.5. The number of non-ortho nitro benzene ring substituents is 1. The van der Waals surface area contributed by atoms with Gasteiger partial charge in [-0.15, -0.1) is 5.10 Å². The standard InChI is InChI=1S/C24H17BrN6O4/c1-15(32)30-24(35-23(28-30)17-10-12-26-13-11-17)21-14-29(19-6-8-20(9-7-19)31(33)34)27-22(21)16-2-4-18(25)5-3-16/h2-14,24H,1H3. The summed E-state index contributed by atoms with van der Waals surface area (Å²) in [6.07, 6.45) is 4.12. The predicted octanol–water partition coefficient (Wildman–Crippen LogP) is 4.84. The molecule has 0 spiro atoms. The molecular formula is C24H17BrN6O4. The normalized spacial score (nSPS) is 15.0. The van der Waals surface area contributed by atoms with E-state index in [4.69, 9.17) is 9.84 Å². The number of nitro groups is 1. The number of nitrogens with zero attached hydrogens (tertiary/aromatic N) is 6. The van der Waals surface area contributed by atoms with Gasteiger partial charge in [-0.25, -0.2) is 4.68 Å². The van der Waals surface area contributed by atoms with Gasteiger partial charge in [0.1, 0.15) is 5.69 Å². The van der Waals surface area contributed by atoms with Crippen LogP contribution in [0.3, 0.4) is 0 Å². The van der Waals surface area contributed by atoms with Crippen molar-refractivity contribution in [2.75, 3.05) is 0 Å². The molecule has 0 aliphatic carbocycles. The van der Waals surface area contributed by atoms with Crippen LogP contribution in [0.15, 0.2) is 88.8 Å². The maximum absolute atomic E-state index is 12.5. The zero-order valence-electron chi connectivity index (χ0n) is 18.3. The summed E-state index contributed by atoms with van der Waals surface area (Å²) in [7, 11) is 0. The van der Waals surface area contributed by atoms with Gasteiger partial charge in [0, 0.05) is 53.2 Å². The first-order valence-electron chi connectivity index (χ1n) is 10.5. The van der Waals surface area contributed by atoms with Crippen molar-refractivity contribution in [3.8, 4) is 16.9 Å². The van der Waals surface area contributed by atoms with E-state index in [1.54, 1.807) is 47.5 Å². The van der Waals surface area contributed by atoms with Crippen molar-refractivity contribution in [2.45, 2.75) is 13.2 Å². The van der Waals surface area contributed by atoms with Gasteiger partial charge in [0.05, 0.1) is 16.2 Å². The van der Waals surface area contributed by atoms with Gasteiger partial charge in [0.25, 0.3) is 5.69 Å². The number of benzene rings is 2. The highest BCUT2D eigenvalue weighted by Gasteiger charge is 2.36. The topological polar surface area (TPSA) is 116 Å². The Morgan fingerprint density at radius 3 is 2.34 bits per heavy atom. The fourth-order valence-corrected chi connectivity index (χ4v) is 3.90. The molecule has 2 aromatic carbocycles. The Morgan fingerprint density at radius 1 is 1.03 bits per heavy atom. The summed E-state index contributed by atoms with van der Waals surface area (Å²) >= 11 is 3.44. The third-order valence-corrected chi connectivity index (χ3v) is 5.87. The van der Waals surface area contributed by atoms with E-state index in [0.29, 0.717) is 22.5 Å². The number of hydrogen-bond acceptors (Lipinski definition) is 7. The Hall–Kier alpha value is -4.38. The highest BCUT2D eigenvalue weighted by Crippen LogP contribution is 2.37. The number of aromatic nitrogens is 3. The lowest BCUT2D eigenvalue weighted by Crippen LogP contribution is -2.25. The smallest absolute Gasteiger partial charge is 0.269 e. The number of nitro benzene ring substituents is 1. The summed E-state index contributed by atoms with van der Waals surface area (Å²) in [4.78, 5) is 27.1. The maximum Gasteiger partial charge on any atom is 0.269 e. The Labute approximate surface area is 207 Å². The lowest BCUT2D eigenvalue weighted by Gasteiger charge is -2.19. The Morgan fingerprint density at radius 2 is 1.71 bits per heavy atom. The summed E-state index contributed by atoms with van der Waals surface area (Å²) < 4.78 is 8.67. The number of hydrazone groups is 1. The van der Waals surface area contributed by atoms with E-state index in [-0.39, 0.29) is 17.5 Å². The van der Waals surface area contributed by atoms with E-state index in [1.165, 1.54) is 24.1 Å². The van der Waals surface area contributed by atoms with Crippen LogP contribution in [-0.4, -0.2) is 36.5 Å². The van der Waals surface area contributed by atoms with Crippen LogP contribution in [0.4, 0.5) is 5.69 Å². The lowest BCUT2D eigenvalue weighted by atomic mass is 10.1.